The molecule has 1 aromatic heterocycles. The number of carbonyl (C=O) groups excluding carboxylic acids is 1. The van der Waals surface area contributed by atoms with Gasteiger partial charge in [0.05, 0.1) is 4.88 Å². The van der Waals surface area contributed by atoms with Crippen LogP contribution in [0.1, 0.15) is 21.8 Å². The number of thiazole rings is 1. The number of rotatable bonds is 1. The van der Waals surface area contributed by atoms with Gasteiger partial charge in [0.2, 0.25) is 0 Å². The van der Waals surface area contributed by atoms with Crippen LogP contribution in [-0.2, 0) is 6.54 Å². The summed E-state index contributed by atoms with van der Waals surface area (Å²) >= 11 is 1.42. The molecule has 0 bridgehead atoms. The third-order valence-corrected chi connectivity index (χ3v) is 2.89. The van der Waals surface area contributed by atoms with Gasteiger partial charge in [-0.1, -0.05) is 11.3 Å². The monoisotopic (exact) mass is 198 g/mol. The molecular weight excluding hydrogens is 188 g/mol. The molecule has 1 aliphatic heterocycles. The minimum Gasteiger partial charge on any atom is -0.311 e. The van der Waals surface area contributed by atoms with Gasteiger partial charge in [-0.3, -0.25) is 10.2 Å². The molecule has 4 N–H and O–H groups in total. The molecule has 1 aliphatic rings. The number of ketones is 1. The summed E-state index contributed by atoms with van der Waals surface area (Å²) in [5.74, 6) is 5.31. The van der Waals surface area contributed by atoms with Crippen molar-refractivity contribution in [3.63, 3.8) is 0 Å². The van der Waals surface area contributed by atoms with Gasteiger partial charge in [-0.25, -0.2) is 10.8 Å². The second-order valence-electron chi connectivity index (χ2n) is 2.79. The Morgan fingerprint density at radius 3 is 3.23 bits per heavy atom. The number of nitrogens with one attached hydrogen (secondary N) is 2. The predicted molar refractivity (Wildman–Crippen MR) is 50.6 cm³/mol. The van der Waals surface area contributed by atoms with Crippen LogP contribution in [-0.4, -0.2) is 17.3 Å². The van der Waals surface area contributed by atoms with Crippen molar-refractivity contribution >= 4 is 22.3 Å². The van der Waals surface area contributed by atoms with Crippen LogP contribution in [0.5, 0.6) is 0 Å². The van der Waals surface area contributed by atoms with Crippen molar-refractivity contribution in [1.29, 1.82) is 0 Å². The Labute approximate surface area is 79.3 Å². The number of nitrogen functional groups attached to an aromatic ring is 1. The molecule has 0 saturated carbocycles. The molecule has 0 radical (unpaired) electrons. The summed E-state index contributed by atoms with van der Waals surface area (Å²) in [6, 6.07) is 0. The lowest BCUT2D eigenvalue weighted by molar-refractivity contribution is 0.0981. The Hall–Kier alpha value is -0.980. The molecule has 0 aromatic carbocycles. The minimum absolute atomic E-state index is 0.0951. The van der Waals surface area contributed by atoms with Crippen molar-refractivity contribution < 1.29 is 4.79 Å². The van der Waals surface area contributed by atoms with Crippen LogP contribution in [0.4, 0.5) is 5.13 Å². The first-order valence-electron chi connectivity index (χ1n) is 4.01. The number of Topliss-reactive ketones (excluding diaryl/α,β-unsaturated/α-hetero) is 1. The standard InChI is InChI=1S/C7H10N4OS/c8-11-7-10-6-4(12)1-2-9-3-5(6)13-7/h9H,1-3,8H2,(H,10,11). The first-order chi connectivity index (χ1) is 6.31. The summed E-state index contributed by atoms with van der Waals surface area (Å²) in [5, 5.41) is 3.75. The van der Waals surface area contributed by atoms with E-state index >= 15 is 0 Å². The molecule has 5 nitrogen and oxygen atoms in total. The average molecular weight is 198 g/mol. The fraction of sp³-hybridized carbons (Fsp3) is 0.429. The zero-order valence-corrected chi connectivity index (χ0v) is 7.78. The Balaban J connectivity index is 2.39. The van der Waals surface area contributed by atoms with Gasteiger partial charge in [0.15, 0.2) is 10.9 Å². The topological polar surface area (TPSA) is 80.0 Å². The van der Waals surface area contributed by atoms with Gasteiger partial charge in [0, 0.05) is 19.5 Å². The molecule has 0 saturated heterocycles. The molecule has 70 valence electrons. The van der Waals surface area contributed by atoms with Crippen molar-refractivity contribution in [2.24, 2.45) is 5.84 Å². The molecule has 6 heteroatoms. The molecule has 0 amide bonds. The average Bonchev–Trinajstić information content (AvgIpc) is 2.48. The summed E-state index contributed by atoms with van der Waals surface area (Å²) in [5.41, 5.74) is 3.02. The van der Waals surface area contributed by atoms with Crippen LogP contribution in [0.2, 0.25) is 0 Å². The van der Waals surface area contributed by atoms with Crippen LogP contribution >= 0.6 is 11.3 Å². The molecule has 0 atom stereocenters. The highest BCUT2D eigenvalue weighted by atomic mass is 32.1. The summed E-state index contributed by atoms with van der Waals surface area (Å²) in [6.07, 6.45) is 0.515. The minimum atomic E-state index is 0.0951. The maximum absolute atomic E-state index is 11.5. The fourth-order valence-electron chi connectivity index (χ4n) is 1.27. The second kappa shape index (κ2) is 3.41. The molecule has 2 heterocycles. The van der Waals surface area contributed by atoms with Crippen molar-refractivity contribution in [2.75, 3.05) is 12.0 Å². The molecule has 2 rings (SSSR count). The maximum Gasteiger partial charge on any atom is 0.197 e. The van der Waals surface area contributed by atoms with Gasteiger partial charge in [-0.05, 0) is 0 Å². The highest BCUT2D eigenvalue weighted by Gasteiger charge is 2.19. The quantitative estimate of drug-likeness (QED) is 0.440. The van der Waals surface area contributed by atoms with E-state index in [1.807, 2.05) is 0 Å². The van der Waals surface area contributed by atoms with E-state index in [-0.39, 0.29) is 5.78 Å². The van der Waals surface area contributed by atoms with E-state index in [0.29, 0.717) is 23.8 Å². The van der Waals surface area contributed by atoms with E-state index in [1.165, 1.54) is 11.3 Å². The van der Waals surface area contributed by atoms with Gasteiger partial charge in [-0.2, -0.15) is 0 Å². The Morgan fingerprint density at radius 2 is 2.46 bits per heavy atom. The third-order valence-electron chi connectivity index (χ3n) is 1.90. The zero-order valence-electron chi connectivity index (χ0n) is 6.96. The van der Waals surface area contributed by atoms with Crippen LogP contribution in [0.15, 0.2) is 0 Å². The van der Waals surface area contributed by atoms with Crippen molar-refractivity contribution in [3.8, 4) is 0 Å². The molecular formula is C7H10N4OS. The number of nitrogens with zero attached hydrogens (tertiary/aromatic N) is 1. The molecule has 0 aliphatic carbocycles. The number of anilines is 1. The number of fused-ring (bicyclic) bond motifs is 1. The van der Waals surface area contributed by atoms with E-state index in [9.17, 15) is 4.79 Å². The third kappa shape index (κ3) is 1.55. The van der Waals surface area contributed by atoms with Crippen molar-refractivity contribution in [3.05, 3.63) is 10.6 Å². The number of hydrogen-bond acceptors (Lipinski definition) is 6. The van der Waals surface area contributed by atoms with Crippen LogP contribution in [0, 0.1) is 0 Å². The lowest BCUT2D eigenvalue weighted by Crippen LogP contribution is -2.12. The summed E-state index contributed by atoms with van der Waals surface area (Å²) in [6.45, 7) is 1.44. The van der Waals surface area contributed by atoms with Gasteiger partial charge in [0.25, 0.3) is 0 Å². The summed E-state index contributed by atoms with van der Waals surface area (Å²) in [7, 11) is 0. The van der Waals surface area contributed by atoms with Crippen LogP contribution in [0.3, 0.4) is 0 Å². The Bertz CT molecular complexity index is 335. The number of hydrazine groups is 1. The Morgan fingerprint density at radius 1 is 1.62 bits per heavy atom. The van der Waals surface area contributed by atoms with E-state index in [4.69, 9.17) is 5.84 Å². The molecule has 13 heavy (non-hydrogen) atoms. The lowest BCUT2D eigenvalue weighted by Gasteiger charge is -1.94. The number of nitrogens with two attached hydrogens (primary N) is 1. The summed E-state index contributed by atoms with van der Waals surface area (Å²) in [4.78, 5) is 16.5. The van der Waals surface area contributed by atoms with Crippen molar-refractivity contribution in [2.45, 2.75) is 13.0 Å². The van der Waals surface area contributed by atoms with E-state index < -0.39 is 0 Å². The fourth-order valence-corrected chi connectivity index (χ4v) is 2.13. The van der Waals surface area contributed by atoms with Gasteiger partial charge >= 0.3 is 0 Å². The highest BCUT2D eigenvalue weighted by molar-refractivity contribution is 7.15. The second-order valence-corrected chi connectivity index (χ2v) is 3.87. The number of aromatic nitrogens is 1. The van der Waals surface area contributed by atoms with Crippen molar-refractivity contribution in [1.82, 2.24) is 10.3 Å². The highest BCUT2D eigenvalue weighted by Crippen LogP contribution is 2.24. The van der Waals surface area contributed by atoms with Gasteiger partial charge in [-0.15, -0.1) is 0 Å². The van der Waals surface area contributed by atoms with Crippen LogP contribution < -0.4 is 16.6 Å². The molecule has 0 unspecified atom stereocenters. The zero-order chi connectivity index (χ0) is 9.26. The van der Waals surface area contributed by atoms with E-state index in [1.54, 1.807) is 0 Å². The normalized spacial score (nSPS) is 16.5. The SMILES string of the molecule is NNc1nc2c(s1)CNCCC2=O. The first-order valence-corrected chi connectivity index (χ1v) is 4.83. The molecule has 1 aromatic rings. The smallest absolute Gasteiger partial charge is 0.197 e. The largest absolute Gasteiger partial charge is 0.311 e. The lowest BCUT2D eigenvalue weighted by atomic mass is 10.2. The van der Waals surface area contributed by atoms with E-state index in [0.717, 1.165) is 11.4 Å². The summed E-state index contributed by atoms with van der Waals surface area (Å²) < 4.78 is 0. The molecule has 0 fully saturated rings. The number of carbonyl (C=O) groups is 1. The molecule has 0 spiro atoms. The van der Waals surface area contributed by atoms with Crippen LogP contribution in [0.25, 0.3) is 0 Å². The van der Waals surface area contributed by atoms with Gasteiger partial charge in [0.1, 0.15) is 5.69 Å². The number of hydrogen-bond donors (Lipinski definition) is 3. The van der Waals surface area contributed by atoms with Gasteiger partial charge < -0.3 is 5.32 Å². The van der Waals surface area contributed by atoms with E-state index in [2.05, 4.69) is 15.7 Å². The predicted octanol–water partition coefficient (Wildman–Crippen LogP) is 0.105. The Kier molecular flexibility index (Phi) is 2.26. The maximum atomic E-state index is 11.5. The first kappa shape index (κ1) is 8.61.